The highest BCUT2D eigenvalue weighted by Crippen LogP contribution is 2.23. The Morgan fingerprint density at radius 2 is 1.84 bits per heavy atom. The summed E-state index contributed by atoms with van der Waals surface area (Å²) < 4.78 is 50.2. The smallest absolute Gasteiger partial charge is 0.235 e. The van der Waals surface area contributed by atoms with E-state index in [1.807, 2.05) is 0 Å². The van der Waals surface area contributed by atoms with Crippen LogP contribution in [0, 0.1) is 0 Å². The van der Waals surface area contributed by atoms with Crippen LogP contribution in [-0.2, 0) is 19.9 Å². The lowest BCUT2D eigenvalue weighted by atomic mass is 10.2. The Kier molecular flexibility index (Phi) is 4.22. The van der Waals surface area contributed by atoms with Crippen molar-refractivity contribution in [1.82, 2.24) is 0 Å². The fourth-order valence-electron chi connectivity index (χ4n) is 1.98. The Hall–Kier alpha value is -0.600. The van der Waals surface area contributed by atoms with Crippen molar-refractivity contribution >= 4 is 41.5 Å². The van der Waals surface area contributed by atoms with E-state index in [1.54, 1.807) is 24.3 Å². The molecule has 2 rings (SSSR count). The summed E-state index contributed by atoms with van der Waals surface area (Å²) in [6.45, 7) is 0. The highest BCUT2D eigenvalue weighted by molar-refractivity contribution is 9.10. The third-order valence-electron chi connectivity index (χ3n) is 3.03. The predicted molar refractivity (Wildman–Crippen MR) is 78.4 cm³/mol. The van der Waals surface area contributed by atoms with E-state index < -0.39 is 25.1 Å². The fraction of sp³-hybridized carbons (Fsp3) is 0.455. The van der Waals surface area contributed by atoms with Crippen molar-refractivity contribution in [2.24, 2.45) is 0 Å². The van der Waals surface area contributed by atoms with Crippen LogP contribution in [0.25, 0.3) is 0 Å². The van der Waals surface area contributed by atoms with Crippen molar-refractivity contribution in [2.75, 3.05) is 16.2 Å². The zero-order valence-electron chi connectivity index (χ0n) is 10.0. The van der Waals surface area contributed by atoms with E-state index >= 15 is 0 Å². The number of rotatable bonds is 3. The summed E-state index contributed by atoms with van der Waals surface area (Å²) in [4.78, 5) is 0. The number of nitrogens with one attached hydrogen (secondary N) is 1. The van der Waals surface area contributed by atoms with Crippen molar-refractivity contribution in [1.29, 1.82) is 0 Å². The van der Waals surface area contributed by atoms with Crippen LogP contribution in [0.4, 0.5) is 5.69 Å². The molecule has 1 fully saturated rings. The summed E-state index contributed by atoms with van der Waals surface area (Å²) in [6.07, 6.45) is 0.317. The minimum absolute atomic E-state index is 0.0585. The molecule has 1 aromatic rings. The van der Waals surface area contributed by atoms with Gasteiger partial charge in [-0.25, -0.2) is 16.8 Å². The van der Waals surface area contributed by atoms with Crippen LogP contribution in [-0.4, -0.2) is 33.6 Å². The SMILES string of the molecule is O=S1(=O)CCC(S(=O)(=O)Nc2cccc(Br)c2)CC1. The molecule has 106 valence electrons. The summed E-state index contributed by atoms with van der Waals surface area (Å²) in [5.74, 6) is -0.117. The van der Waals surface area contributed by atoms with Crippen LogP contribution < -0.4 is 4.72 Å². The average Bonchev–Trinajstić information content (AvgIpc) is 2.27. The van der Waals surface area contributed by atoms with E-state index in [0.717, 1.165) is 4.47 Å². The number of sulfonamides is 1. The predicted octanol–water partition coefficient (Wildman–Crippen LogP) is 1.77. The van der Waals surface area contributed by atoms with E-state index in [-0.39, 0.29) is 24.3 Å². The Morgan fingerprint density at radius 3 is 2.42 bits per heavy atom. The van der Waals surface area contributed by atoms with Crippen molar-refractivity contribution in [3.8, 4) is 0 Å². The van der Waals surface area contributed by atoms with Crippen molar-refractivity contribution in [2.45, 2.75) is 18.1 Å². The van der Waals surface area contributed by atoms with Gasteiger partial charge in [-0.15, -0.1) is 0 Å². The minimum Gasteiger partial charge on any atom is -0.283 e. The molecule has 0 aliphatic carbocycles. The molecule has 0 radical (unpaired) electrons. The van der Waals surface area contributed by atoms with Gasteiger partial charge in [-0.05, 0) is 31.0 Å². The van der Waals surface area contributed by atoms with Gasteiger partial charge < -0.3 is 0 Å². The van der Waals surface area contributed by atoms with Gasteiger partial charge in [0, 0.05) is 10.2 Å². The number of halogens is 1. The van der Waals surface area contributed by atoms with Gasteiger partial charge in [0.2, 0.25) is 10.0 Å². The Bertz CT molecular complexity index is 656. The first kappa shape index (κ1) is 14.8. The molecule has 0 saturated carbocycles. The summed E-state index contributed by atoms with van der Waals surface area (Å²) in [5, 5.41) is -0.644. The second-order valence-corrected chi connectivity index (χ2v) is 9.69. The molecule has 0 bridgehead atoms. The van der Waals surface area contributed by atoms with Gasteiger partial charge in [-0.2, -0.15) is 0 Å². The highest BCUT2D eigenvalue weighted by Gasteiger charge is 2.32. The maximum Gasteiger partial charge on any atom is 0.235 e. The number of anilines is 1. The number of sulfone groups is 1. The van der Waals surface area contributed by atoms with E-state index in [4.69, 9.17) is 0 Å². The average molecular weight is 368 g/mol. The molecule has 1 aliphatic rings. The molecular formula is C11H14BrNO4S2. The van der Waals surface area contributed by atoms with Crippen molar-refractivity contribution in [3.05, 3.63) is 28.7 Å². The fourth-order valence-corrected chi connectivity index (χ4v) is 5.65. The van der Waals surface area contributed by atoms with Gasteiger partial charge in [0.25, 0.3) is 0 Å². The van der Waals surface area contributed by atoms with Gasteiger partial charge in [-0.3, -0.25) is 4.72 Å². The van der Waals surface area contributed by atoms with E-state index in [9.17, 15) is 16.8 Å². The standard InChI is InChI=1S/C11H14BrNO4S2/c12-9-2-1-3-10(8-9)13-19(16,17)11-4-6-18(14,15)7-5-11/h1-3,8,11,13H,4-7H2. The molecule has 1 aromatic carbocycles. The monoisotopic (exact) mass is 367 g/mol. The first-order valence-corrected chi connectivity index (χ1v) is 9.92. The number of benzene rings is 1. The summed E-state index contributed by atoms with van der Waals surface area (Å²) in [7, 11) is -6.59. The first-order valence-electron chi connectivity index (χ1n) is 5.76. The van der Waals surface area contributed by atoms with Crippen LogP contribution in [0.3, 0.4) is 0 Å². The molecule has 0 unspecified atom stereocenters. The summed E-state index contributed by atoms with van der Waals surface area (Å²) in [5.41, 5.74) is 0.475. The second-order valence-electron chi connectivity index (χ2n) is 4.51. The molecule has 1 aliphatic heterocycles. The van der Waals surface area contributed by atoms with E-state index in [0.29, 0.717) is 5.69 Å². The second kappa shape index (κ2) is 5.41. The molecule has 8 heteroatoms. The highest BCUT2D eigenvalue weighted by atomic mass is 79.9. The number of hydrogen-bond acceptors (Lipinski definition) is 4. The molecule has 0 aromatic heterocycles. The van der Waals surface area contributed by atoms with Crippen molar-refractivity contribution < 1.29 is 16.8 Å². The molecular weight excluding hydrogens is 354 g/mol. The lowest BCUT2D eigenvalue weighted by Gasteiger charge is -2.22. The quantitative estimate of drug-likeness (QED) is 0.882. The van der Waals surface area contributed by atoms with Gasteiger partial charge in [0.05, 0.1) is 16.8 Å². The van der Waals surface area contributed by atoms with Gasteiger partial charge in [0.15, 0.2) is 0 Å². The largest absolute Gasteiger partial charge is 0.283 e. The van der Waals surface area contributed by atoms with Gasteiger partial charge in [-0.1, -0.05) is 22.0 Å². The lowest BCUT2D eigenvalue weighted by Crippen LogP contribution is -2.35. The van der Waals surface area contributed by atoms with Crippen molar-refractivity contribution in [3.63, 3.8) is 0 Å². The van der Waals surface area contributed by atoms with Crippen LogP contribution in [0.2, 0.25) is 0 Å². The summed E-state index contributed by atoms with van der Waals surface area (Å²) in [6, 6.07) is 6.84. The molecule has 0 amide bonds. The minimum atomic E-state index is -3.54. The molecule has 0 spiro atoms. The molecule has 1 saturated heterocycles. The molecule has 19 heavy (non-hydrogen) atoms. The van der Waals surface area contributed by atoms with E-state index in [1.165, 1.54) is 0 Å². The Morgan fingerprint density at radius 1 is 1.21 bits per heavy atom. The molecule has 1 heterocycles. The third kappa shape index (κ3) is 3.93. The van der Waals surface area contributed by atoms with Gasteiger partial charge in [0.1, 0.15) is 9.84 Å². The first-order chi connectivity index (χ1) is 8.78. The van der Waals surface area contributed by atoms with E-state index in [2.05, 4.69) is 20.7 Å². The van der Waals surface area contributed by atoms with Crippen LogP contribution in [0.5, 0.6) is 0 Å². The van der Waals surface area contributed by atoms with Crippen LogP contribution >= 0.6 is 15.9 Å². The molecule has 5 nitrogen and oxygen atoms in total. The zero-order chi connectivity index (χ0) is 14.1. The zero-order valence-corrected chi connectivity index (χ0v) is 13.3. The van der Waals surface area contributed by atoms with Crippen LogP contribution in [0.1, 0.15) is 12.8 Å². The van der Waals surface area contributed by atoms with Crippen LogP contribution in [0.15, 0.2) is 28.7 Å². The lowest BCUT2D eigenvalue weighted by molar-refractivity contribution is 0.555. The maximum atomic E-state index is 12.2. The Labute approximate surface area is 121 Å². The molecule has 0 atom stereocenters. The maximum absolute atomic E-state index is 12.2. The summed E-state index contributed by atoms with van der Waals surface area (Å²) >= 11 is 3.27. The Balaban J connectivity index is 2.11. The number of hydrogen-bond donors (Lipinski definition) is 1. The third-order valence-corrected chi connectivity index (χ3v) is 7.10. The topological polar surface area (TPSA) is 80.3 Å². The normalized spacial score (nSPS) is 20.1. The molecule has 1 N–H and O–H groups in total. The van der Waals surface area contributed by atoms with Gasteiger partial charge >= 0.3 is 0 Å².